The lowest BCUT2D eigenvalue weighted by molar-refractivity contribution is 0.0919. The summed E-state index contributed by atoms with van der Waals surface area (Å²) in [6, 6.07) is 14.8. The third kappa shape index (κ3) is 2.95. The van der Waals surface area contributed by atoms with Gasteiger partial charge in [-0.15, -0.1) is 0 Å². The quantitative estimate of drug-likeness (QED) is 0.864. The zero-order valence-electron chi connectivity index (χ0n) is 15.7. The second kappa shape index (κ2) is 6.71. The lowest BCUT2D eigenvalue weighted by atomic mass is 10.0. The summed E-state index contributed by atoms with van der Waals surface area (Å²) in [5.41, 5.74) is 3.11. The Hall–Kier alpha value is -2.18. The van der Waals surface area contributed by atoms with E-state index in [0.29, 0.717) is 23.4 Å². The summed E-state index contributed by atoms with van der Waals surface area (Å²) in [5, 5.41) is 3.11. The van der Waals surface area contributed by atoms with Gasteiger partial charge in [-0.2, -0.15) is 4.31 Å². The monoisotopic (exact) mass is 396 g/mol. The molecule has 2 aliphatic carbocycles. The number of aryl methyl sites for hydroxylation is 2. The number of carbonyl (C=O) groups is 1. The van der Waals surface area contributed by atoms with Gasteiger partial charge in [0.15, 0.2) is 0 Å². The van der Waals surface area contributed by atoms with Crippen molar-refractivity contribution in [3.63, 3.8) is 0 Å². The fraction of sp³-hybridized carbons (Fsp3) is 0.409. The molecular weight excluding hydrogens is 372 g/mol. The average molecular weight is 397 g/mol. The molecule has 2 aromatic carbocycles. The Labute approximate surface area is 165 Å². The smallest absolute Gasteiger partial charge is 0.251 e. The summed E-state index contributed by atoms with van der Waals surface area (Å²) in [6.07, 6.45) is 4.64. The number of sulfonamides is 1. The van der Waals surface area contributed by atoms with E-state index in [9.17, 15) is 13.2 Å². The van der Waals surface area contributed by atoms with Gasteiger partial charge in [0, 0.05) is 24.2 Å². The number of fused-ring (bicyclic) bond motifs is 3. The molecule has 1 saturated heterocycles. The predicted molar refractivity (Wildman–Crippen MR) is 107 cm³/mol. The molecule has 1 N–H and O–H groups in total. The second-order valence-corrected chi connectivity index (χ2v) is 10.1. The molecule has 28 heavy (non-hydrogen) atoms. The van der Waals surface area contributed by atoms with Crippen molar-refractivity contribution in [1.29, 1.82) is 0 Å². The van der Waals surface area contributed by atoms with Crippen molar-refractivity contribution in [3.8, 4) is 0 Å². The van der Waals surface area contributed by atoms with Gasteiger partial charge >= 0.3 is 0 Å². The molecule has 1 heterocycles. The number of rotatable bonds is 4. The molecule has 2 aromatic rings. The van der Waals surface area contributed by atoms with E-state index >= 15 is 0 Å². The predicted octanol–water partition coefficient (Wildman–Crippen LogP) is 2.76. The first-order valence-electron chi connectivity index (χ1n) is 10.0. The first-order chi connectivity index (χ1) is 13.5. The minimum Gasteiger partial charge on any atom is -0.349 e. The molecule has 1 aliphatic heterocycles. The highest BCUT2D eigenvalue weighted by Gasteiger charge is 2.49. The number of nitrogens with zero attached hydrogens (tertiary/aromatic N) is 1. The number of benzene rings is 2. The van der Waals surface area contributed by atoms with Crippen LogP contribution in [0.15, 0.2) is 53.4 Å². The maximum absolute atomic E-state index is 13.2. The van der Waals surface area contributed by atoms with Crippen molar-refractivity contribution in [1.82, 2.24) is 9.62 Å². The Morgan fingerprint density at radius 2 is 1.79 bits per heavy atom. The van der Waals surface area contributed by atoms with Crippen LogP contribution in [0.4, 0.5) is 0 Å². The molecule has 0 radical (unpaired) electrons. The zero-order valence-corrected chi connectivity index (χ0v) is 16.5. The first-order valence-corrected chi connectivity index (χ1v) is 11.5. The van der Waals surface area contributed by atoms with E-state index in [1.165, 1.54) is 11.1 Å². The number of nitrogens with one attached hydrogen (secondary N) is 1. The fourth-order valence-electron chi connectivity index (χ4n) is 5.07. The summed E-state index contributed by atoms with van der Waals surface area (Å²) in [4.78, 5) is 12.9. The summed E-state index contributed by atoms with van der Waals surface area (Å²) in [6.45, 7) is 0.490. The van der Waals surface area contributed by atoms with E-state index in [0.717, 1.165) is 25.7 Å². The third-order valence-corrected chi connectivity index (χ3v) is 8.43. The summed E-state index contributed by atoms with van der Waals surface area (Å²) < 4.78 is 28.1. The highest BCUT2D eigenvalue weighted by Crippen LogP contribution is 2.41. The van der Waals surface area contributed by atoms with Gasteiger partial charge in [0.1, 0.15) is 0 Å². The van der Waals surface area contributed by atoms with E-state index in [1.807, 2.05) is 30.3 Å². The molecule has 3 atom stereocenters. The maximum Gasteiger partial charge on any atom is 0.251 e. The minimum absolute atomic E-state index is 0.0238. The molecule has 1 saturated carbocycles. The van der Waals surface area contributed by atoms with Crippen molar-refractivity contribution in [2.45, 2.75) is 49.1 Å². The standard InChI is InChI=1S/C22H24N2O3S/c25-22(16-5-2-1-3-6-16)23-21-13-19-11-18(21)14-24(19)28(26,27)20-10-9-15-7-4-8-17(15)12-20/h1-3,5-6,9-10,12,18-19,21H,4,7-8,11,13-14H2,(H,23,25). The number of carbonyl (C=O) groups excluding carboxylic acids is 1. The number of hydrogen-bond acceptors (Lipinski definition) is 3. The Morgan fingerprint density at radius 1 is 1.00 bits per heavy atom. The number of amides is 1. The minimum atomic E-state index is -3.47. The normalized spacial score (nSPS) is 26.4. The van der Waals surface area contributed by atoms with Crippen LogP contribution in [-0.2, 0) is 22.9 Å². The summed E-state index contributed by atoms with van der Waals surface area (Å²) in [5.74, 6) is 0.105. The van der Waals surface area contributed by atoms with Crippen LogP contribution in [0.2, 0.25) is 0 Å². The first kappa shape index (κ1) is 17.9. The van der Waals surface area contributed by atoms with Gasteiger partial charge in [-0.3, -0.25) is 4.79 Å². The van der Waals surface area contributed by atoms with Crippen LogP contribution in [0.25, 0.3) is 0 Å². The molecule has 0 aromatic heterocycles. The number of hydrogen-bond donors (Lipinski definition) is 1. The van der Waals surface area contributed by atoms with E-state index in [4.69, 9.17) is 0 Å². The van der Waals surface area contributed by atoms with Crippen LogP contribution >= 0.6 is 0 Å². The molecular formula is C22H24N2O3S. The lowest BCUT2D eigenvalue weighted by Crippen LogP contribution is -2.47. The van der Waals surface area contributed by atoms with Crippen LogP contribution in [0, 0.1) is 5.92 Å². The van der Waals surface area contributed by atoms with E-state index in [2.05, 4.69) is 5.32 Å². The Balaban J connectivity index is 1.30. The Kier molecular flexibility index (Phi) is 4.29. The van der Waals surface area contributed by atoms with Gasteiger partial charge in [0.05, 0.1) is 4.90 Å². The van der Waals surface area contributed by atoms with Crippen LogP contribution in [0.3, 0.4) is 0 Å². The van der Waals surface area contributed by atoms with Gasteiger partial charge in [0.25, 0.3) is 5.91 Å². The van der Waals surface area contributed by atoms with E-state index < -0.39 is 10.0 Å². The van der Waals surface area contributed by atoms with Gasteiger partial charge in [0.2, 0.25) is 10.0 Å². The second-order valence-electron chi connectivity index (χ2n) is 8.19. The molecule has 3 aliphatic rings. The van der Waals surface area contributed by atoms with E-state index in [1.54, 1.807) is 22.5 Å². The fourth-order valence-corrected chi connectivity index (χ4v) is 6.82. The maximum atomic E-state index is 13.2. The van der Waals surface area contributed by atoms with Crippen LogP contribution < -0.4 is 5.32 Å². The molecule has 2 bridgehead atoms. The van der Waals surface area contributed by atoms with Crippen molar-refractivity contribution >= 4 is 15.9 Å². The summed E-state index contributed by atoms with van der Waals surface area (Å²) >= 11 is 0. The van der Waals surface area contributed by atoms with Crippen LogP contribution in [-0.4, -0.2) is 37.3 Å². The molecule has 0 spiro atoms. The Morgan fingerprint density at radius 3 is 2.54 bits per heavy atom. The van der Waals surface area contributed by atoms with E-state index in [-0.39, 0.29) is 23.9 Å². The lowest BCUT2D eigenvalue weighted by Gasteiger charge is -2.31. The van der Waals surface area contributed by atoms with Crippen molar-refractivity contribution in [3.05, 3.63) is 65.2 Å². The molecule has 2 fully saturated rings. The highest BCUT2D eigenvalue weighted by molar-refractivity contribution is 7.89. The van der Waals surface area contributed by atoms with Crippen molar-refractivity contribution < 1.29 is 13.2 Å². The molecule has 5 rings (SSSR count). The molecule has 5 nitrogen and oxygen atoms in total. The van der Waals surface area contributed by atoms with Crippen LogP contribution in [0.1, 0.15) is 40.7 Å². The topological polar surface area (TPSA) is 66.5 Å². The molecule has 1 amide bonds. The van der Waals surface area contributed by atoms with Crippen LogP contribution in [0.5, 0.6) is 0 Å². The summed E-state index contributed by atoms with van der Waals surface area (Å²) in [7, 11) is -3.47. The molecule has 3 unspecified atom stereocenters. The highest BCUT2D eigenvalue weighted by atomic mass is 32.2. The SMILES string of the molecule is O=C(NC1CC2CC1CN2S(=O)(=O)c1ccc2c(c1)CCC2)c1ccccc1. The number of piperidine rings is 1. The van der Waals surface area contributed by atoms with Gasteiger partial charge < -0.3 is 5.32 Å². The zero-order chi connectivity index (χ0) is 19.3. The van der Waals surface area contributed by atoms with Gasteiger partial charge in [-0.05, 0) is 73.4 Å². The largest absolute Gasteiger partial charge is 0.349 e. The molecule has 6 heteroatoms. The van der Waals surface area contributed by atoms with Crippen molar-refractivity contribution in [2.24, 2.45) is 5.92 Å². The van der Waals surface area contributed by atoms with Gasteiger partial charge in [-0.25, -0.2) is 8.42 Å². The van der Waals surface area contributed by atoms with Gasteiger partial charge in [-0.1, -0.05) is 24.3 Å². The molecule has 146 valence electrons. The third-order valence-electron chi connectivity index (χ3n) is 6.52. The Bertz CT molecular complexity index is 1020. The average Bonchev–Trinajstić information content (AvgIpc) is 3.43. The van der Waals surface area contributed by atoms with Crippen molar-refractivity contribution in [2.75, 3.05) is 6.54 Å².